The van der Waals surface area contributed by atoms with Gasteiger partial charge in [-0.2, -0.15) is 4.98 Å². The normalized spacial score (nSPS) is 25.6. The third-order valence-electron chi connectivity index (χ3n) is 3.01. The smallest absolute Gasteiger partial charge is 0.226 e. The first-order valence-corrected chi connectivity index (χ1v) is 6.03. The van der Waals surface area contributed by atoms with Gasteiger partial charge in [-0.3, -0.25) is 4.90 Å². The highest BCUT2D eigenvalue weighted by Gasteiger charge is 2.32. The molecular formula is C11H18FN3O2. The van der Waals surface area contributed by atoms with Crippen molar-refractivity contribution in [1.29, 1.82) is 0 Å². The quantitative estimate of drug-likeness (QED) is 0.833. The van der Waals surface area contributed by atoms with Gasteiger partial charge in [0.15, 0.2) is 5.82 Å². The summed E-state index contributed by atoms with van der Waals surface area (Å²) in [7, 11) is 0. The highest BCUT2D eigenvalue weighted by atomic mass is 19.1. The van der Waals surface area contributed by atoms with Crippen molar-refractivity contribution in [2.24, 2.45) is 0 Å². The van der Waals surface area contributed by atoms with E-state index in [1.54, 1.807) is 0 Å². The molecule has 5 nitrogen and oxygen atoms in total. The van der Waals surface area contributed by atoms with Gasteiger partial charge in [0.05, 0.1) is 13.2 Å². The molecule has 1 saturated heterocycles. The molecule has 2 atom stereocenters. The van der Waals surface area contributed by atoms with Crippen molar-refractivity contribution in [1.82, 2.24) is 15.0 Å². The van der Waals surface area contributed by atoms with Gasteiger partial charge in [-0.1, -0.05) is 12.1 Å². The van der Waals surface area contributed by atoms with Gasteiger partial charge in [0.1, 0.15) is 6.17 Å². The molecule has 0 saturated carbocycles. The van der Waals surface area contributed by atoms with Gasteiger partial charge in [-0.05, 0) is 12.8 Å². The second kappa shape index (κ2) is 5.55. The number of alkyl halides is 1. The molecule has 2 heterocycles. The molecule has 17 heavy (non-hydrogen) atoms. The van der Waals surface area contributed by atoms with Crippen LogP contribution in [0.5, 0.6) is 0 Å². The van der Waals surface area contributed by atoms with Crippen molar-refractivity contribution in [2.45, 2.75) is 44.9 Å². The second-order valence-corrected chi connectivity index (χ2v) is 4.45. The Bertz CT molecular complexity index is 358. The number of nitrogens with zero attached hydrogens (tertiary/aromatic N) is 3. The molecule has 0 spiro atoms. The fraction of sp³-hybridized carbons (Fsp3) is 0.818. The Balaban J connectivity index is 1.94. The molecule has 1 aliphatic rings. The number of rotatable bonds is 5. The van der Waals surface area contributed by atoms with E-state index in [4.69, 9.17) is 9.63 Å². The predicted molar refractivity (Wildman–Crippen MR) is 59.1 cm³/mol. The number of aromatic nitrogens is 2. The van der Waals surface area contributed by atoms with Crippen molar-refractivity contribution in [3.8, 4) is 0 Å². The van der Waals surface area contributed by atoms with E-state index in [9.17, 15) is 4.39 Å². The van der Waals surface area contributed by atoms with Crippen LogP contribution in [0.25, 0.3) is 0 Å². The van der Waals surface area contributed by atoms with Gasteiger partial charge in [0.25, 0.3) is 0 Å². The van der Waals surface area contributed by atoms with Gasteiger partial charge in [0.2, 0.25) is 5.89 Å². The van der Waals surface area contributed by atoms with E-state index in [1.807, 2.05) is 11.8 Å². The third kappa shape index (κ3) is 3.01. The summed E-state index contributed by atoms with van der Waals surface area (Å²) < 4.78 is 18.3. The van der Waals surface area contributed by atoms with Crippen molar-refractivity contribution in [3.05, 3.63) is 11.7 Å². The van der Waals surface area contributed by atoms with Crippen molar-refractivity contribution < 1.29 is 14.0 Å². The maximum Gasteiger partial charge on any atom is 0.226 e. The van der Waals surface area contributed by atoms with Gasteiger partial charge in [-0.15, -0.1) is 0 Å². The number of hydrogen-bond donors (Lipinski definition) is 1. The van der Waals surface area contributed by atoms with Crippen LogP contribution in [0.1, 0.15) is 31.5 Å². The van der Waals surface area contributed by atoms with Gasteiger partial charge in [-0.25, -0.2) is 4.39 Å². The number of likely N-dealkylation sites (tertiary alicyclic amines) is 1. The van der Waals surface area contributed by atoms with Gasteiger partial charge < -0.3 is 9.63 Å². The zero-order chi connectivity index (χ0) is 12.3. The SMILES string of the molecule is CCCc1nc(CN2C[C@@H](F)C[C@H]2CO)no1. The van der Waals surface area contributed by atoms with Gasteiger partial charge in [0, 0.05) is 19.0 Å². The van der Waals surface area contributed by atoms with Crippen molar-refractivity contribution in [2.75, 3.05) is 13.2 Å². The van der Waals surface area contributed by atoms with Crippen LogP contribution in [0.4, 0.5) is 4.39 Å². The summed E-state index contributed by atoms with van der Waals surface area (Å²) in [4.78, 5) is 6.10. The zero-order valence-electron chi connectivity index (χ0n) is 9.97. The molecule has 2 rings (SSSR count). The largest absolute Gasteiger partial charge is 0.395 e. The minimum atomic E-state index is -0.867. The minimum Gasteiger partial charge on any atom is -0.395 e. The third-order valence-corrected chi connectivity index (χ3v) is 3.01. The standard InChI is InChI=1S/C11H18FN3O2/c1-2-3-11-13-10(14-17-11)6-15-5-8(12)4-9(15)7-16/h8-9,16H,2-7H2,1H3/t8-,9-/m0/s1. The molecule has 1 aromatic rings. The van der Waals surface area contributed by atoms with Crippen molar-refractivity contribution >= 4 is 0 Å². The summed E-state index contributed by atoms with van der Waals surface area (Å²) in [5.74, 6) is 1.19. The first-order valence-electron chi connectivity index (χ1n) is 6.03. The molecule has 1 fully saturated rings. The summed E-state index contributed by atoms with van der Waals surface area (Å²) >= 11 is 0. The molecule has 1 aliphatic heterocycles. The maximum atomic E-state index is 13.2. The molecule has 1 aromatic heterocycles. The highest BCUT2D eigenvalue weighted by Crippen LogP contribution is 2.21. The lowest BCUT2D eigenvalue weighted by Gasteiger charge is -2.19. The van der Waals surface area contributed by atoms with Crippen molar-refractivity contribution in [3.63, 3.8) is 0 Å². The molecule has 0 amide bonds. The molecule has 1 N–H and O–H groups in total. The predicted octanol–water partition coefficient (Wildman–Crippen LogP) is 0.927. The number of aryl methyl sites for hydroxylation is 1. The van der Waals surface area contributed by atoms with E-state index in [2.05, 4.69) is 10.1 Å². The lowest BCUT2D eigenvalue weighted by Crippen LogP contribution is -2.32. The van der Waals surface area contributed by atoms with Crippen LogP contribution in [0, 0.1) is 0 Å². The fourth-order valence-corrected chi connectivity index (χ4v) is 2.16. The summed E-state index contributed by atoms with van der Waals surface area (Å²) in [5.41, 5.74) is 0. The lowest BCUT2D eigenvalue weighted by molar-refractivity contribution is 0.149. The van der Waals surface area contributed by atoms with E-state index < -0.39 is 6.17 Å². The van der Waals surface area contributed by atoms with E-state index in [0.717, 1.165) is 12.8 Å². The summed E-state index contributed by atoms with van der Waals surface area (Å²) in [5, 5.41) is 13.0. The molecule has 6 heteroatoms. The molecule has 0 bridgehead atoms. The Morgan fingerprint density at radius 1 is 1.59 bits per heavy atom. The summed E-state index contributed by atoms with van der Waals surface area (Å²) in [6, 6.07) is -0.127. The Labute approximate surface area is 99.6 Å². The zero-order valence-corrected chi connectivity index (χ0v) is 9.97. The van der Waals surface area contributed by atoms with Crippen LogP contribution in [0.15, 0.2) is 4.52 Å². The number of aliphatic hydroxyl groups is 1. The number of hydrogen-bond acceptors (Lipinski definition) is 5. The second-order valence-electron chi connectivity index (χ2n) is 4.45. The van der Waals surface area contributed by atoms with Crippen LogP contribution in [0.3, 0.4) is 0 Å². The first kappa shape index (κ1) is 12.4. The maximum absolute atomic E-state index is 13.2. The Morgan fingerprint density at radius 2 is 2.41 bits per heavy atom. The molecular weight excluding hydrogens is 225 g/mol. The Hall–Kier alpha value is -1.01. The Kier molecular flexibility index (Phi) is 4.06. The molecule has 0 aliphatic carbocycles. The average molecular weight is 243 g/mol. The molecule has 96 valence electrons. The Morgan fingerprint density at radius 3 is 3.12 bits per heavy atom. The molecule has 0 radical (unpaired) electrons. The monoisotopic (exact) mass is 243 g/mol. The fourth-order valence-electron chi connectivity index (χ4n) is 2.16. The van der Waals surface area contributed by atoms with Crippen LogP contribution >= 0.6 is 0 Å². The average Bonchev–Trinajstić information content (AvgIpc) is 2.87. The summed E-state index contributed by atoms with van der Waals surface area (Å²) in [6.07, 6.45) is 1.24. The lowest BCUT2D eigenvalue weighted by atomic mass is 10.2. The minimum absolute atomic E-state index is 0.0277. The van der Waals surface area contributed by atoms with E-state index in [-0.39, 0.29) is 12.6 Å². The van der Waals surface area contributed by atoms with Crippen LogP contribution in [0.2, 0.25) is 0 Å². The van der Waals surface area contributed by atoms with Crippen LogP contribution in [-0.4, -0.2) is 45.5 Å². The topological polar surface area (TPSA) is 62.4 Å². The summed E-state index contributed by atoms with van der Waals surface area (Å²) in [6.45, 7) is 2.79. The van der Waals surface area contributed by atoms with E-state index in [1.165, 1.54) is 0 Å². The van der Waals surface area contributed by atoms with Gasteiger partial charge >= 0.3 is 0 Å². The van der Waals surface area contributed by atoms with E-state index in [0.29, 0.717) is 31.2 Å². The number of halogens is 1. The van der Waals surface area contributed by atoms with Crippen LogP contribution < -0.4 is 0 Å². The van der Waals surface area contributed by atoms with Crippen LogP contribution in [-0.2, 0) is 13.0 Å². The number of aliphatic hydroxyl groups excluding tert-OH is 1. The van der Waals surface area contributed by atoms with E-state index >= 15 is 0 Å². The molecule has 0 unspecified atom stereocenters. The highest BCUT2D eigenvalue weighted by molar-refractivity contribution is 4.91. The first-order chi connectivity index (χ1) is 8.22. The molecule has 0 aromatic carbocycles.